The van der Waals surface area contributed by atoms with Crippen molar-refractivity contribution < 1.29 is 4.79 Å². The first-order valence-electron chi connectivity index (χ1n) is 4.94. The molecule has 0 atom stereocenters. The molecule has 2 rings (SSSR count). The van der Waals surface area contributed by atoms with E-state index in [0.717, 1.165) is 10.0 Å². The van der Waals surface area contributed by atoms with Gasteiger partial charge in [0.25, 0.3) is 5.91 Å². The molecule has 1 N–H and O–H groups in total. The van der Waals surface area contributed by atoms with Crippen LogP contribution in [0, 0.1) is 13.8 Å². The molecule has 0 saturated heterocycles. The molecule has 0 saturated carbocycles. The van der Waals surface area contributed by atoms with E-state index in [9.17, 15) is 4.79 Å². The molecule has 1 amide bonds. The van der Waals surface area contributed by atoms with Crippen molar-refractivity contribution in [1.29, 1.82) is 0 Å². The van der Waals surface area contributed by atoms with E-state index in [0.29, 0.717) is 16.5 Å². The highest BCUT2D eigenvalue weighted by Crippen LogP contribution is 2.18. The van der Waals surface area contributed by atoms with Crippen molar-refractivity contribution in [2.45, 2.75) is 13.8 Å². The monoisotopic (exact) mass is 311 g/mol. The number of hydrogen-bond donors (Lipinski definition) is 1. The molecule has 1 heterocycles. The Morgan fingerprint density at radius 3 is 2.82 bits per heavy atom. The summed E-state index contributed by atoms with van der Waals surface area (Å²) in [5.74, 6) is 0.496. The minimum atomic E-state index is -0.167. The number of carbonyl (C=O) groups excluding carboxylic acids is 1. The third-order valence-corrected chi connectivity index (χ3v) is 3.41. The van der Waals surface area contributed by atoms with Crippen LogP contribution in [0.3, 0.4) is 0 Å². The molecule has 0 radical (unpaired) electrons. The number of halogens is 1. The summed E-state index contributed by atoms with van der Waals surface area (Å²) >= 11 is 4.53. The molecule has 0 aliphatic rings. The van der Waals surface area contributed by atoms with Crippen LogP contribution in [0.2, 0.25) is 0 Å². The minimum absolute atomic E-state index is 0.167. The molecule has 0 aliphatic heterocycles. The molecule has 0 spiro atoms. The lowest BCUT2D eigenvalue weighted by atomic mass is 10.1. The Morgan fingerprint density at radius 1 is 1.41 bits per heavy atom. The summed E-state index contributed by atoms with van der Waals surface area (Å²) in [5.41, 5.74) is 1.55. The van der Waals surface area contributed by atoms with Gasteiger partial charge in [-0.1, -0.05) is 22.0 Å². The number of aromatic nitrogens is 2. The highest BCUT2D eigenvalue weighted by atomic mass is 79.9. The predicted octanol–water partition coefficient (Wildman–Crippen LogP) is 3.17. The number of aryl methyl sites for hydroxylation is 2. The van der Waals surface area contributed by atoms with Gasteiger partial charge in [0.2, 0.25) is 5.13 Å². The largest absolute Gasteiger partial charge is 0.297 e. The maximum Gasteiger partial charge on any atom is 0.257 e. The van der Waals surface area contributed by atoms with E-state index in [-0.39, 0.29) is 5.91 Å². The van der Waals surface area contributed by atoms with Crippen LogP contribution >= 0.6 is 27.5 Å². The number of nitrogens with one attached hydrogen (secondary N) is 1. The van der Waals surface area contributed by atoms with E-state index >= 15 is 0 Å². The highest BCUT2D eigenvalue weighted by Gasteiger charge is 2.11. The first-order chi connectivity index (χ1) is 8.06. The fraction of sp³-hybridized carbons (Fsp3) is 0.182. The van der Waals surface area contributed by atoms with Gasteiger partial charge >= 0.3 is 0 Å². The molecular formula is C11H10BrN3OS. The quantitative estimate of drug-likeness (QED) is 0.926. The van der Waals surface area contributed by atoms with Gasteiger partial charge in [0.05, 0.1) is 0 Å². The van der Waals surface area contributed by atoms with Crippen molar-refractivity contribution in [3.05, 3.63) is 39.6 Å². The third kappa shape index (κ3) is 2.89. The lowest BCUT2D eigenvalue weighted by Gasteiger charge is -2.05. The molecule has 0 unspecified atom stereocenters. The molecule has 1 aromatic heterocycles. The molecule has 6 heteroatoms. The van der Waals surface area contributed by atoms with Crippen LogP contribution in [0.25, 0.3) is 0 Å². The van der Waals surface area contributed by atoms with E-state index in [1.807, 2.05) is 19.1 Å². The van der Waals surface area contributed by atoms with Crippen molar-refractivity contribution in [2.24, 2.45) is 0 Å². The van der Waals surface area contributed by atoms with Gasteiger partial charge < -0.3 is 0 Å². The third-order valence-electron chi connectivity index (χ3n) is 2.19. The standard InChI is InChI=1S/C11H10BrN3OS/c1-6-3-4-8(12)5-9(6)10(16)14-11-13-7(2)15-17-11/h3-5H,1-2H3,(H,13,14,15,16). The number of carbonyl (C=O) groups is 1. The Labute approximate surface area is 111 Å². The number of benzene rings is 1. The zero-order chi connectivity index (χ0) is 12.4. The van der Waals surface area contributed by atoms with Gasteiger partial charge in [0.15, 0.2) is 0 Å². The maximum absolute atomic E-state index is 12.0. The Balaban J connectivity index is 2.22. The van der Waals surface area contributed by atoms with E-state index in [1.54, 1.807) is 13.0 Å². The lowest BCUT2D eigenvalue weighted by molar-refractivity contribution is 0.102. The average Bonchev–Trinajstić information content (AvgIpc) is 2.67. The maximum atomic E-state index is 12.0. The van der Waals surface area contributed by atoms with Crippen LogP contribution < -0.4 is 5.32 Å². The van der Waals surface area contributed by atoms with Crippen molar-refractivity contribution in [3.63, 3.8) is 0 Å². The Morgan fingerprint density at radius 2 is 2.18 bits per heavy atom. The molecule has 0 bridgehead atoms. The zero-order valence-corrected chi connectivity index (χ0v) is 11.7. The van der Waals surface area contributed by atoms with Crippen molar-refractivity contribution in [3.8, 4) is 0 Å². The smallest absolute Gasteiger partial charge is 0.257 e. The van der Waals surface area contributed by atoms with E-state index in [2.05, 4.69) is 30.6 Å². The molecular weight excluding hydrogens is 302 g/mol. The highest BCUT2D eigenvalue weighted by molar-refractivity contribution is 9.10. The van der Waals surface area contributed by atoms with E-state index in [4.69, 9.17) is 0 Å². The Kier molecular flexibility index (Phi) is 3.54. The Bertz CT molecular complexity index is 568. The Hall–Kier alpha value is -1.27. The van der Waals surface area contributed by atoms with Crippen molar-refractivity contribution in [2.75, 3.05) is 5.32 Å². The van der Waals surface area contributed by atoms with Crippen LogP contribution in [0.1, 0.15) is 21.7 Å². The normalized spacial score (nSPS) is 10.3. The van der Waals surface area contributed by atoms with Crippen LogP contribution in [0.15, 0.2) is 22.7 Å². The second kappa shape index (κ2) is 4.93. The van der Waals surface area contributed by atoms with Gasteiger partial charge in [-0.05, 0) is 31.5 Å². The molecule has 17 heavy (non-hydrogen) atoms. The molecule has 0 fully saturated rings. The summed E-state index contributed by atoms with van der Waals surface area (Å²) in [6, 6.07) is 5.59. The number of hydrogen-bond acceptors (Lipinski definition) is 4. The number of rotatable bonds is 2. The molecule has 2 aromatic rings. The van der Waals surface area contributed by atoms with Crippen molar-refractivity contribution >= 4 is 38.5 Å². The summed E-state index contributed by atoms with van der Waals surface area (Å²) in [7, 11) is 0. The number of nitrogens with zero attached hydrogens (tertiary/aromatic N) is 2. The van der Waals surface area contributed by atoms with Crippen LogP contribution in [-0.4, -0.2) is 15.3 Å². The summed E-state index contributed by atoms with van der Waals surface area (Å²) in [6.45, 7) is 3.68. The fourth-order valence-electron chi connectivity index (χ4n) is 1.35. The van der Waals surface area contributed by atoms with Gasteiger partial charge in [-0.25, -0.2) is 4.98 Å². The first-order valence-corrected chi connectivity index (χ1v) is 6.51. The van der Waals surface area contributed by atoms with Crippen LogP contribution in [0.4, 0.5) is 5.13 Å². The van der Waals surface area contributed by atoms with Gasteiger partial charge in [-0.2, -0.15) is 4.37 Å². The van der Waals surface area contributed by atoms with Crippen LogP contribution in [0.5, 0.6) is 0 Å². The summed E-state index contributed by atoms with van der Waals surface area (Å²) in [5, 5.41) is 3.25. The summed E-state index contributed by atoms with van der Waals surface area (Å²) in [6.07, 6.45) is 0. The lowest BCUT2D eigenvalue weighted by Crippen LogP contribution is -2.13. The second-order valence-corrected chi connectivity index (χ2v) is 5.23. The minimum Gasteiger partial charge on any atom is -0.297 e. The summed E-state index contributed by atoms with van der Waals surface area (Å²) < 4.78 is 4.89. The SMILES string of the molecule is Cc1nsc(NC(=O)c2cc(Br)ccc2C)n1. The van der Waals surface area contributed by atoms with Crippen LogP contribution in [-0.2, 0) is 0 Å². The average molecular weight is 312 g/mol. The van der Waals surface area contributed by atoms with Crippen molar-refractivity contribution in [1.82, 2.24) is 9.36 Å². The van der Waals surface area contributed by atoms with Gasteiger partial charge in [-0.15, -0.1) is 0 Å². The van der Waals surface area contributed by atoms with Gasteiger partial charge in [0, 0.05) is 21.6 Å². The number of anilines is 1. The first kappa shape index (κ1) is 12.2. The molecule has 88 valence electrons. The molecule has 4 nitrogen and oxygen atoms in total. The van der Waals surface area contributed by atoms with E-state index < -0.39 is 0 Å². The molecule has 1 aromatic carbocycles. The second-order valence-electron chi connectivity index (χ2n) is 3.56. The van der Waals surface area contributed by atoms with Gasteiger partial charge in [0.1, 0.15) is 5.82 Å². The zero-order valence-electron chi connectivity index (χ0n) is 9.32. The molecule has 0 aliphatic carbocycles. The topological polar surface area (TPSA) is 54.9 Å². The van der Waals surface area contributed by atoms with Gasteiger partial charge in [-0.3, -0.25) is 10.1 Å². The number of amides is 1. The summed E-state index contributed by atoms with van der Waals surface area (Å²) in [4.78, 5) is 16.1. The van der Waals surface area contributed by atoms with E-state index in [1.165, 1.54) is 11.5 Å². The predicted molar refractivity (Wildman–Crippen MR) is 71.5 cm³/mol. The fourth-order valence-corrected chi connectivity index (χ4v) is 2.28.